The number of non-ortho nitro benzene ring substituents is 1. The van der Waals surface area contributed by atoms with Gasteiger partial charge in [-0.3, -0.25) is 19.7 Å². The van der Waals surface area contributed by atoms with Crippen molar-refractivity contribution in [1.82, 2.24) is 0 Å². The number of nitrogens with zero attached hydrogens (tertiary/aromatic N) is 2. The zero-order chi connectivity index (χ0) is 15.6. The Morgan fingerprint density at radius 3 is 2.29 bits per heavy atom. The third kappa shape index (κ3) is 3.17. The van der Waals surface area contributed by atoms with Crippen molar-refractivity contribution in [2.24, 2.45) is 4.99 Å². The topological polar surface area (TPSA) is 89.6 Å². The zero-order valence-electron chi connectivity index (χ0n) is 11.5. The van der Waals surface area contributed by atoms with Crippen molar-refractivity contribution in [2.45, 2.75) is 13.8 Å². The summed E-state index contributed by atoms with van der Waals surface area (Å²) in [7, 11) is 0. The van der Waals surface area contributed by atoms with Gasteiger partial charge in [0.2, 0.25) is 0 Å². The number of carbonyl (C=O) groups excluding carboxylic acids is 2. The maximum atomic E-state index is 12.0. The van der Waals surface area contributed by atoms with Crippen LogP contribution in [0.4, 0.5) is 5.69 Å². The van der Waals surface area contributed by atoms with Crippen LogP contribution in [0.25, 0.3) is 0 Å². The first kappa shape index (κ1) is 14.5. The van der Waals surface area contributed by atoms with Gasteiger partial charge in [0.25, 0.3) is 11.6 Å². The molecule has 21 heavy (non-hydrogen) atoms. The lowest BCUT2D eigenvalue weighted by atomic mass is 9.98. The van der Waals surface area contributed by atoms with Crippen molar-refractivity contribution in [2.75, 3.05) is 0 Å². The van der Waals surface area contributed by atoms with E-state index in [1.807, 2.05) is 0 Å². The van der Waals surface area contributed by atoms with Gasteiger partial charge in [0, 0.05) is 17.7 Å². The number of hydrogen-bond donors (Lipinski definition) is 0. The van der Waals surface area contributed by atoms with Crippen LogP contribution >= 0.6 is 0 Å². The standard InChI is InChI=1S/C15H12N2O4/c1-9-8-14(18)10(2)7-13(9)16-15(19)11-3-5-12(6-4-11)17(20)21/h3-8H,1-2H3. The van der Waals surface area contributed by atoms with Gasteiger partial charge >= 0.3 is 0 Å². The predicted molar refractivity (Wildman–Crippen MR) is 77.4 cm³/mol. The van der Waals surface area contributed by atoms with E-state index in [0.29, 0.717) is 16.9 Å². The molecule has 0 bridgehead atoms. The molecule has 0 N–H and O–H groups in total. The van der Waals surface area contributed by atoms with Gasteiger partial charge in [0.1, 0.15) is 0 Å². The molecule has 0 radical (unpaired) electrons. The van der Waals surface area contributed by atoms with Crippen LogP contribution in [-0.4, -0.2) is 22.3 Å². The first-order chi connectivity index (χ1) is 9.88. The van der Waals surface area contributed by atoms with Gasteiger partial charge in [0.15, 0.2) is 5.78 Å². The molecule has 0 saturated carbocycles. The number of ketones is 1. The summed E-state index contributed by atoms with van der Waals surface area (Å²) in [5, 5.41) is 10.6. The molecule has 1 aromatic rings. The first-order valence-corrected chi connectivity index (χ1v) is 6.17. The van der Waals surface area contributed by atoms with E-state index in [0.717, 1.165) is 0 Å². The van der Waals surface area contributed by atoms with E-state index in [9.17, 15) is 19.7 Å². The van der Waals surface area contributed by atoms with Crippen molar-refractivity contribution in [3.63, 3.8) is 0 Å². The minimum atomic E-state index is -0.536. The van der Waals surface area contributed by atoms with E-state index in [4.69, 9.17) is 0 Å². The van der Waals surface area contributed by atoms with Crippen molar-refractivity contribution < 1.29 is 14.5 Å². The number of benzene rings is 1. The maximum Gasteiger partial charge on any atom is 0.277 e. The van der Waals surface area contributed by atoms with Gasteiger partial charge in [-0.25, -0.2) is 4.99 Å². The quantitative estimate of drug-likeness (QED) is 0.474. The van der Waals surface area contributed by atoms with Crippen LogP contribution in [0, 0.1) is 10.1 Å². The van der Waals surface area contributed by atoms with Crippen LogP contribution in [-0.2, 0) is 4.79 Å². The SMILES string of the molecule is CC1=CC(=NC(=O)c2ccc([N+](=O)[O-])cc2)C(C)=CC1=O. The summed E-state index contributed by atoms with van der Waals surface area (Å²) in [4.78, 5) is 37.5. The number of nitro groups is 1. The minimum absolute atomic E-state index is 0.0886. The average Bonchev–Trinajstić information content (AvgIpc) is 2.44. The molecule has 0 atom stereocenters. The molecule has 0 saturated heterocycles. The fraction of sp³-hybridized carbons (Fsp3) is 0.133. The molecule has 0 aliphatic heterocycles. The Morgan fingerprint density at radius 2 is 1.71 bits per heavy atom. The van der Waals surface area contributed by atoms with Crippen LogP contribution < -0.4 is 0 Å². The van der Waals surface area contributed by atoms with E-state index >= 15 is 0 Å². The second-order valence-electron chi connectivity index (χ2n) is 4.63. The summed E-state index contributed by atoms with van der Waals surface area (Å²) < 4.78 is 0. The highest BCUT2D eigenvalue weighted by Crippen LogP contribution is 2.15. The summed E-state index contributed by atoms with van der Waals surface area (Å²) in [6.45, 7) is 3.35. The Morgan fingerprint density at radius 1 is 1.10 bits per heavy atom. The Balaban J connectivity index is 2.29. The molecule has 0 fully saturated rings. The number of hydrogen-bond acceptors (Lipinski definition) is 4. The van der Waals surface area contributed by atoms with Crippen LogP contribution in [0.2, 0.25) is 0 Å². The number of rotatable bonds is 2. The molecule has 0 aromatic heterocycles. The number of carbonyl (C=O) groups is 2. The monoisotopic (exact) mass is 284 g/mol. The number of allylic oxidation sites excluding steroid dienone is 4. The third-order valence-electron chi connectivity index (χ3n) is 3.04. The molecule has 1 aromatic carbocycles. The van der Waals surface area contributed by atoms with E-state index < -0.39 is 10.8 Å². The van der Waals surface area contributed by atoms with Gasteiger partial charge in [-0.15, -0.1) is 0 Å². The molecular weight excluding hydrogens is 272 g/mol. The summed E-state index contributed by atoms with van der Waals surface area (Å²) >= 11 is 0. The first-order valence-electron chi connectivity index (χ1n) is 6.17. The molecule has 6 heteroatoms. The average molecular weight is 284 g/mol. The van der Waals surface area contributed by atoms with Gasteiger partial charge in [-0.05, 0) is 49.3 Å². The smallest absolute Gasteiger partial charge is 0.277 e. The second kappa shape index (κ2) is 5.62. The molecule has 1 amide bonds. The van der Waals surface area contributed by atoms with Gasteiger partial charge in [0.05, 0.1) is 10.6 Å². The lowest BCUT2D eigenvalue weighted by molar-refractivity contribution is -0.384. The summed E-state index contributed by atoms with van der Waals surface area (Å²) in [6, 6.07) is 5.21. The Bertz CT molecular complexity index is 725. The normalized spacial score (nSPS) is 16.5. The van der Waals surface area contributed by atoms with Crippen LogP contribution in [0.5, 0.6) is 0 Å². The highest BCUT2D eigenvalue weighted by Gasteiger charge is 2.15. The lowest BCUT2D eigenvalue weighted by Gasteiger charge is -2.08. The minimum Gasteiger partial charge on any atom is -0.290 e. The van der Waals surface area contributed by atoms with Crippen molar-refractivity contribution in [1.29, 1.82) is 0 Å². The van der Waals surface area contributed by atoms with Gasteiger partial charge in [-0.2, -0.15) is 0 Å². The number of aliphatic imine (C=N–C) groups is 1. The second-order valence-corrected chi connectivity index (χ2v) is 4.63. The van der Waals surface area contributed by atoms with E-state index in [-0.39, 0.29) is 17.0 Å². The third-order valence-corrected chi connectivity index (χ3v) is 3.04. The van der Waals surface area contributed by atoms with Crippen molar-refractivity contribution >= 4 is 23.1 Å². The molecule has 2 rings (SSSR count). The zero-order valence-corrected chi connectivity index (χ0v) is 11.5. The highest BCUT2D eigenvalue weighted by atomic mass is 16.6. The Kier molecular flexibility index (Phi) is 3.89. The molecule has 0 heterocycles. The van der Waals surface area contributed by atoms with Gasteiger partial charge < -0.3 is 0 Å². The molecule has 1 aliphatic rings. The van der Waals surface area contributed by atoms with Crippen LogP contribution in [0.1, 0.15) is 24.2 Å². The fourth-order valence-electron chi connectivity index (χ4n) is 1.79. The van der Waals surface area contributed by atoms with E-state index in [1.165, 1.54) is 30.3 Å². The number of nitro benzene ring substituents is 1. The lowest BCUT2D eigenvalue weighted by Crippen LogP contribution is -2.12. The number of amides is 1. The largest absolute Gasteiger partial charge is 0.290 e. The molecular formula is C15H12N2O4. The van der Waals surface area contributed by atoms with Crippen LogP contribution in [0.3, 0.4) is 0 Å². The highest BCUT2D eigenvalue weighted by molar-refractivity contribution is 6.24. The van der Waals surface area contributed by atoms with E-state index in [1.54, 1.807) is 19.9 Å². The fourth-order valence-corrected chi connectivity index (χ4v) is 1.79. The molecule has 0 spiro atoms. The Labute approximate surface area is 120 Å². The predicted octanol–water partition coefficient (Wildman–Crippen LogP) is 2.65. The molecule has 0 unspecified atom stereocenters. The van der Waals surface area contributed by atoms with Gasteiger partial charge in [-0.1, -0.05) is 0 Å². The van der Waals surface area contributed by atoms with Crippen molar-refractivity contribution in [3.8, 4) is 0 Å². The van der Waals surface area contributed by atoms with Crippen molar-refractivity contribution in [3.05, 3.63) is 63.2 Å². The maximum absolute atomic E-state index is 12.0. The molecule has 1 aliphatic carbocycles. The summed E-state index contributed by atoms with van der Waals surface area (Å²) in [6.07, 6.45) is 2.98. The molecule has 106 valence electrons. The van der Waals surface area contributed by atoms with Crippen LogP contribution in [0.15, 0.2) is 52.6 Å². The summed E-state index contributed by atoms with van der Waals surface area (Å²) in [5.41, 5.74) is 1.71. The van der Waals surface area contributed by atoms with E-state index in [2.05, 4.69) is 4.99 Å². The summed E-state index contributed by atoms with van der Waals surface area (Å²) in [5.74, 6) is -0.611. The molecule has 6 nitrogen and oxygen atoms in total. The Hall–Kier alpha value is -2.89.